The Kier molecular flexibility index (Phi) is 3.14. The van der Waals surface area contributed by atoms with Gasteiger partial charge in [-0.2, -0.15) is 0 Å². The van der Waals surface area contributed by atoms with E-state index in [1.165, 1.54) is 25.7 Å². The molecule has 0 spiro atoms. The Morgan fingerprint density at radius 1 is 1.24 bits per heavy atom. The van der Waals surface area contributed by atoms with E-state index in [1.54, 1.807) is 19.4 Å². The largest absolute Gasteiger partial charge is 0.495 e. The van der Waals surface area contributed by atoms with Gasteiger partial charge in [0, 0.05) is 12.1 Å². The van der Waals surface area contributed by atoms with Crippen molar-refractivity contribution in [3.05, 3.63) is 23.4 Å². The number of nitrogens with zero attached hydrogens (tertiary/aromatic N) is 2. The molecule has 1 aromatic heterocycles. The summed E-state index contributed by atoms with van der Waals surface area (Å²) in [5.41, 5.74) is 1.60. The van der Waals surface area contributed by atoms with Crippen molar-refractivity contribution in [2.75, 3.05) is 12.4 Å². The normalized spacial score (nSPS) is 27.2. The number of aromatic nitrogens is 2. The lowest BCUT2D eigenvalue weighted by atomic mass is 9.95. The van der Waals surface area contributed by atoms with Crippen molar-refractivity contribution >= 4 is 28.5 Å². The molecule has 110 valence electrons. The van der Waals surface area contributed by atoms with Gasteiger partial charge in [0.05, 0.1) is 29.4 Å². The lowest BCUT2D eigenvalue weighted by Gasteiger charge is -2.23. The van der Waals surface area contributed by atoms with Crippen molar-refractivity contribution in [3.8, 4) is 5.75 Å². The Morgan fingerprint density at radius 2 is 2.14 bits per heavy atom. The van der Waals surface area contributed by atoms with Crippen LogP contribution in [0.5, 0.6) is 5.75 Å². The number of ether oxygens (including phenoxy) is 1. The molecule has 2 aliphatic carbocycles. The molecule has 2 saturated carbocycles. The molecular weight excluding hydrogens is 286 g/mol. The fourth-order valence-electron chi connectivity index (χ4n) is 3.85. The van der Waals surface area contributed by atoms with Crippen LogP contribution in [0.2, 0.25) is 5.02 Å². The maximum atomic E-state index is 6.11. The number of rotatable bonds is 3. The second-order valence-electron chi connectivity index (χ2n) is 6.16. The smallest absolute Gasteiger partial charge is 0.145 e. The Balaban J connectivity index is 1.62. The van der Waals surface area contributed by atoms with E-state index in [2.05, 4.69) is 15.3 Å². The fourth-order valence-corrected chi connectivity index (χ4v) is 4.09. The molecule has 21 heavy (non-hydrogen) atoms. The molecule has 0 saturated heterocycles. The molecule has 2 aliphatic rings. The number of anilines is 1. The first-order valence-corrected chi connectivity index (χ1v) is 7.87. The second kappa shape index (κ2) is 5.02. The van der Waals surface area contributed by atoms with Crippen molar-refractivity contribution in [2.24, 2.45) is 11.8 Å². The molecule has 2 aromatic rings. The van der Waals surface area contributed by atoms with Crippen LogP contribution in [-0.2, 0) is 0 Å². The summed E-state index contributed by atoms with van der Waals surface area (Å²) in [4.78, 5) is 9.12. The molecule has 5 heteroatoms. The van der Waals surface area contributed by atoms with Gasteiger partial charge in [0.15, 0.2) is 0 Å². The van der Waals surface area contributed by atoms with Crippen LogP contribution in [0.1, 0.15) is 25.7 Å². The number of benzene rings is 1. The topological polar surface area (TPSA) is 47.0 Å². The van der Waals surface area contributed by atoms with Crippen molar-refractivity contribution in [1.82, 2.24) is 9.97 Å². The van der Waals surface area contributed by atoms with Crippen LogP contribution < -0.4 is 10.1 Å². The Bertz CT molecular complexity index is 691. The second-order valence-corrected chi connectivity index (χ2v) is 6.56. The van der Waals surface area contributed by atoms with Gasteiger partial charge in [0.1, 0.15) is 11.6 Å². The van der Waals surface area contributed by atoms with Crippen LogP contribution in [-0.4, -0.2) is 23.1 Å². The standard InChI is InChI=1S/C16H18ClN3O/c1-21-15-7-14-13(6-11(15)17)18-8-16(20-14)19-12-5-9-2-3-10(12)4-9/h6-10,12H,2-5H2,1H3,(H,19,20). The predicted octanol–water partition coefficient (Wildman–Crippen LogP) is 3.89. The van der Waals surface area contributed by atoms with Crippen LogP contribution in [0.3, 0.4) is 0 Å². The average molecular weight is 304 g/mol. The highest BCUT2D eigenvalue weighted by atomic mass is 35.5. The van der Waals surface area contributed by atoms with Gasteiger partial charge in [-0.3, -0.25) is 4.98 Å². The number of hydrogen-bond donors (Lipinski definition) is 1. The minimum Gasteiger partial charge on any atom is -0.495 e. The van der Waals surface area contributed by atoms with Gasteiger partial charge >= 0.3 is 0 Å². The third-order valence-corrected chi connectivity index (χ3v) is 5.18. The fraction of sp³-hybridized carbons (Fsp3) is 0.500. The minimum atomic E-state index is 0.560. The predicted molar refractivity (Wildman–Crippen MR) is 84.0 cm³/mol. The third kappa shape index (κ3) is 2.31. The molecule has 2 fully saturated rings. The average Bonchev–Trinajstić information content (AvgIpc) is 3.09. The first-order chi connectivity index (χ1) is 10.2. The van der Waals surface area contributed by atoms with E-state index in [0.29, 0.717) is 16.8 Å². The molecule has 0 aliphatic heterocycles. The quantitative estimate of drug-likeness (QED) is 0.934. The van der Waals surface area contributed by atoms with Gasteiger partial charge in [0.25, 0.3) is 0 Å². The number of methoxy groups -OCH3 is 1. The molecule has 3 unspecified atom stereocenters. The van der Waals surface area contributed by atoms with Gasteiger partial charge in [-0.1, -0.05) is 18.0 Å². The van der Waals surface area contributed by atoms with E-state index in [9.17, 15) is 0 Å². The molecule has 0 radical (unpaired) electrons. The summed E-state index contributed by atoms with van der Waals surface area (Å²) in [5, 5.41) is 4.13. The highest BCUT2D eigenvalue weighted by Crippen LogP contribution is 2.45. The van der Waals surface area contributed by atoms with Gasteiger partial charge in [-0.15, -0.1) is 0 Å². The molecule has 4 rings (SSSR count). The van der Waals surface area contributed by atoms with E-state index in [-0.39, 0.29) is 0 Å². The van der Waals surface area contributed by atoms with Crippen molar-refractivity contribution in [1.29, 1.82) is 0 Å². The lowest BCUT2D eigenvalue weighted by molar-refractivity contribution is 0.415. The van der Waals surface area contributed by atoms with Crippen LogP contribution in [0.4, 0.5) is 5.82 Å². The highest BCUT2D eigenvalue weighted by molar-refractivity contribution is 6.32. The van der Waals surface area contributed by atoms with Gasteiger partial charge in [-0.25, -0.2) is 4.98 Å². The molecule has 2 bridgehead atoms. The summed E-state index contributed by atoms with van der Waals surface area (Å²) in [6, 6.07) is 4.20. The van der Waals surface area contributed by atoms with Crippen LogP contribution in [0.25, 0.3) is 11.0 Å². The minimum absolute atomic E-state index is 0.560. The van der Waals surface area contributed by atoms with E-state index in [1.807, 2.05) is 6.07 Å². The number of fused-ring (bicyclic) bond motifs is 3. The number of halogens is 1. The van der Waals surface area contributed by atoms with Gasteiger partial charge in [-0.05, 0) is 37.2 Å². The first kappa shape index (κ1) is 13.1. The monoisotopic (exact) mass is 303 g/mol. The number of nitrogens with one attached hydrogen (secondary N) is 1. The van der Waals surface area contributed by atoms with Crippen molar-refractivity contribution < 1.29 is 4.74 Å². The maximum Gasteiger partial charge on any atom is 0.145 e. The zero-order valence-corrected chi connectivity index (χ0v) is 12.7. The van der Waals surface area contributed by atoms with E-state index in [0.717, 1.165) is 28.7 Å². The molecule has 3 atom stereocenters. The SMILES string of the molecule is COc1cc2nc(NC3CC4CCC3C4)cnc2cc1Cl. The van der Waals surface area contributed by atoms with Crippen LogP contribution in [0, 0.1) is 11.8 Å². The number of hydrogen-bond acceptors (Lipinski definition) is 4. The zero-order valence-electron chi connectivity index (χ0n) is 12.0. The lowest BCUT2D eigenvalue weighted by Crippen LogP contribution is -2.26. The molecule has 4 nitrogen and oxygen atoms in total. The van der Waals surface area contributed by atoms with E-state index in [4.69, 9.17) is 16.3 Å². The van der Waals surface area contributed by atoms with Crippen LogP contribution >= 0.6 is 11.6 Å². The van der Waals surface area contributed by atoms with Crippen LogP contribution in [0.15, 0.2) is 18.3 Å². The highest BCUT2D eigenvalue weighted by Gasteiger charge is 2.39. The Hall–Kier alpha value is -1.55. The molecule has 1 N–H and O–H groups in total. The summed E-state index contributed by atoms with van der Waals surface area (Å²) in [6.45, 7) is 0. The third-order valence-electron chi connectivity index (χ3n) is 4.89. The van der Waals surface area contributed by atoms with Crippen molar-refractivity contribution in [2.45, 2.75) is 31.7 Å². The Labute approximate surface area is 128 Å². The Morgan fingerprint density at radius 3 is 2.86 bits per heavy atom. The zero-order chi connectivity index (χ0) is 14.4. The molecular formula is C16H18ClN3O. The summed E-state index contributed by atoms with van der Waals surface area (Å²) in [7, 11) is 1.61. The van der Waals surface area contributed by atoms with Gasteiger partial charge < -0.3 is 10.1 Å². The van der Waals surface area contributed by atoms with E-state index >= 15 is 0 Å². The molecule has 1 heterocycles. The summed E-state index contributed by atoms with van der Waals surface area (Å²) in [6.07, 6.45) is 7.21. The van der Waals surface area contributed by atoms with E-state index < -0.39 is 0 Å². The van der Waals surface area contributed by atoms with Crippen molar-refractivity contribution in [3.63, 3.8) is 0 Å². The summed E-state index contributed by atoms with van der Waals surface area (Å²) >= 11 is 6.11. The maximum absolute atomic E-state index is 6.11. The first-order valence-electron chi connectivity index (χ1n) is 7.50. The summed E-state index contributed by atoms with van der Waals surface area (Å²) in [5.74, 6) is 3.21. The summed E-state index contributed by atoms with van der Waals surface area (Å²) < 4.78 is 5.25. The molecule has 1 aromatic carbocycles. The van der Waals surface area contributed by atoms with Gasteiger partial charge in [0.2, 0.25) is 0 Å². The molecule has 0 amide bonds.